The summed E-state index contributed by atoms with van der Waals surface area (Å²) in [4.78, 5) is 26.6. The van der Waals surface area contributed by atoms with Gasteiger partial charge in [-0.2, -0.15) is 0 Å². The molecule has 5 heteroatoms. The fraction of sp³-hybridized carbons (Fsp3) is 0.875. The van der Waals surface area contributed by atoms with Crippen LogP contribution in [0.1, 0.15) is 33.1 Å². The topological polar surface area (TPSA) is 58.6 Å². The van der Waals surface area contributed by atoms with Gasteiger partial charge in [-0.3, -0.25) is 9.59 Å². The number of amides is 2. The van der Waals surface area contributed by atoms with Crippen LogP contribution < -0.4 is 5.32 Å². The SMILES string of the molecule is COCC(=O)N[C@H](C(=O)N1C[C@H]2[C@H]3CC[C@@H](C3)[C@@H]21)C(C)C. The summed E-state index contributed by atoms with van der Waals surface area (Å²) in [7, 11) is 1.49. The van der Waals surface area contributed by atoms with Gasteiger partial charge in [-0.25, -0.2) is 0 Å². The standard InChI is InChI=1S/C16H26N2O3/c1-9(2)14(17-13(19)8-21-3)16(20)18-7-12-10-4-5-11(6-10)15(12)18/h9-12,14-15H,4-8H2,1-3H3,(H,17,19)/t10-,11-,12-,14-,15-/m0/s1. The van der Waals surface area contributed by atoms with E-state index >= 15 is 0 Å². The minimum atomic E-state index is -0.423. The predicted octanol–water partition coefficient (Wildman–Crippen LogP) is 1.03. The Balaban J connectivity index is 1.64. The van der Waals surface area contributed by atoms with E-state index in [2.05, 4.69) is 5.32 Å². The number of likely N-dealkylation sites (tertiary alicyclic amines) is 1. The second-order valence-electron chi connectivity index (χ2n) is 7.20. The highest BCUT2D eigenvalue weighted by Crippen LogP contribution is 2.55. The van der Waals surface area contributed by atoms with E-state index in [-0.39, 0.29) is 24.3 Å². The van der Waals surface area contributed by atoms with Crippen LogP contribution in [0.5, 0.6) is 0 Å². The summed E-state index contributed by atoms with van der Waals surface area (Å²) in [5.74, 6) is 2.27. The average Bonchev–Trinajstić information content (AvgIpc) is 2.92. The van der Waals surface area contributed by atoms with Crippen LogP contribution >= 0.6 is 0 Å². The molecule has 2 aliphatic carbocycles. The summed E-state index contributed by atoms with van der Waals surface area (Å²) >= 11 is 0. The van der Waals surface area contributed by atoms with Gasteiger partial charge in [0.1, 0.15) is 12.6 Å². The number of nitrogens with zero attached hydrogens (tertiary/aromatic N) is 1. The Labute approximate surface area is 126 Å². The lowest BCUT2D eigenvalue weighted by Gasteiger charge is -2.51. The third kappa shape index (κ3) is 2.45. The van der Waals surface area contributed by atoms with Gasteiger partial charge in [-0.15, -0.1) is 0 Å². The molecule has 118 valence electrons. The lowest BCUT2D eigenvalue weighted by Crippen LogP contribution is -2.65. The number of carbonyl (C=O) groups excluding carboxylic acids is 2. The van der Waals surface area contributed by atoms with E-state index < -0.39 is 6.04 Å². The van der Waals surface area contributed by atoms with Crippen LogP contribution in [0.25, 0.3) is 0 Å². The first-order chi connectivity index (χ1) is 10.0. The van der Waals surface area contributed by atoms with Crippen molar-refractivity contribution >= 4 is 11.8 Å². The van der Waals surface area contributed by atoms with E-state index in [0.717, 1.165) is 18.4 Å². The van der Waals surface area contributed by atoms with Crippen LogP contribution in [-0.4, -0.2) is 49.1 Å². The molecular weight excluding hydrogens is 268 g/mol. The Morgan fingerprint density at radius 2 is 2.00 bits per heavy atom. The van der Waals surface area contributed by atoms with E-state index in [9.17, 15) is 9.59 Å². The van der Waals surface area contributed by atoms with Gasteiger partial charge in [0.05, 0.1) is 0 Å². The lowest BCUT2D eigenvalue weighted by molar-refractivity contribution is -0.152. The van der Waals surface area contributed by atoms with Gasteiger partial charge < -0.3 is 15.0 Å². The summed E-state index contributed by atoms with van der Waals surface area (Å²) < 4.78 is 4.84. The fourth-order valence-corrected chi connectivity index (χ4v) is 4.61. The molecule has 21 heavy (non-hydrogen) atoms. The first-order valence-corrected chi connectivity index (χ1v) is 8.11. The molecule has 1 saturated heterocycles. The highest BCUT2D eigenvalue weighted by molar-refractivity contribution is 5.89. The molecule has 2 amide bonds. The highest BCUT2D eigenvalue weighted by Gasteiger charge is 2.58. The Bertz CT molecular complexity index is 435. The van der Waals surface area contributed by atoms with E-state index in [1.807, 2.05) is 18.7 Å². The number of nitrogens with one attached hydrogen (secondary N) is 1. The van der Waals surface area contributed by atoms with E-state index in [1.54, 1.807) is 0 Å². The van der Waals surface area contributed by atoms with Crippen LogP contribution in [0, 0.1) is 23.7 Å². The lowest BCUT2D eigenvalue weighted by atomic mass is 9.76. The summed E-state index contributed by atoms with van der Waals surface area (Å²) in [5, 5.41) is 2.84. The number of ether oxygens (including phenoxy) is 1. The molecule has 0 spiro atoms. The third-order valence-electron chi connectivity index (χ3n) is 5.62. The maximum Gasteiger partial charge on any atom is 0.246 e. The van der Waals surface area contributed by atoms with Crippen molar-refractivity contribution in [2.75, 3.05) is 20.3 Å². The van der Waals surface area contributed by atoms with Crippen molar-refractivity contribution in [2.24, 2.45) is 23.7 Å². The maximum atomic E-state index is 12.8. The summed E-state index contributed by atoms with van der Waals surface area (Å²) in [6.45, 7) is 4.86. The second-order valence-corrected chi connectivity index (χ2v) is 7.20. The van der Waals surface area contributed by atoms with Crippen LogP contribution in [0.2, 0.25) is 0 Å². The molecule has 5 atom stereocenters. The Hall–Kier alpha value is -1.10. The van der Waals surface area contributed by atoms with E-state index in [4.69, 9.17) is 4.74 Å². The van der Waals surface area contributed by atoms with Gasteiger partial charge in [0, 0.05) is 25.6 Å². The van der Waals surface area contributed by atoms with E-state index in [0.29, 0.717) is 12.0 Å². The number of fused-ring (bicyclic) bond motifs is 5. The molecule has 2 saturated carbocycles. The van der Waals surface area contributed by atoms with Crippen molar-refractivity contribution in [2.45, 2.75) is 45.2 Å². The second kappa shape index (κ2) is 5.59. The molecule has 1 aliphatic heterocycles. The van der Waals surface area contributed by atoms with Crippen LogP contribution in [0.3, 0.4) is 0 Å². The molecule has 3 fully saturated rings. The Morgan fingerprint density at radius 3 is 2.62 bits per heavy atom. The van der Waals surface area contributed by atoms with Crippen molar-refractivity contribution in [1.82, 2.24) is 10.2 Å². The zero-order valence-electron chi connectivity index (χ0n) is 13.2. The van der Waals surface area contributed by atoms with Gasteiger partial charge in [-0.05, 0) is 37.0 Å². The van der Waals surface area contributed by atoms with Crippen molar-refractivity contribution in [1.29, 1.82) is 0 Å². The monoisotopic (exact) mass is 294 g/mol. The number of methoxy groups -OCH3 is 1. The predicted molar refractivity (Wildman–Crippen MR) is 78.5 cm³/mol. The average molecular weight is 294 g/mol. The molecule has 2 bridgehead atoms. The zero-order valence-corrected chi connectivity index (χ0v) is 13.2. The normalized spacial score (nSPS) is 34.6. The van der Waals surface area contributed by atoms with Crippen molar-refractivity contribution in [3.05, 3.63) is 0 Å². The van der Waals surface area contributed by atoms with Crippen LogP contribution in [0.4, 0.5) is 0 Å². The van der Waals surface area contributed by atoms with Gasteiger partial charge >= 0.3 is 0 Å². The first kappa shape index (κ1) is 14.8. The maximum absolute atomic E-state index is 12.8. The first-order valence-electron chi connectivity index (χ1n) is 8.11. The number of hydrogen-bond donors (Lipinski definition) is 1. The van der Waals surface area contributed by atoms with Gasteiger partial charge in [-0.1, -0.05) is 13.8 Å². The van der Waals surface area contributed by atoms with Gasteiger partial charge in [0.2, 0.25) is 11.8 Å². The minimum Gasteiger partial charge on any atom is -0.375 e. The number of hydrogen-bond acceptors (Lipinski definition) is 3. The van der Waals surface area contributed by atoms with Gasteiger partial charge in [0.25, 0.3) is 0 Å². The van der Waals surface area contributed by atoms with Crippen molar-refractivity contribution in [3.8, 4) is 0 Å². The Morgan fingerprint density at radius 1 is 1.29 bits per heavy atom. The van der Waals surface area contributed by atoms with Crippen molar-refractivity contribution in [3.63, 3.8) is 0 Å². The molecule has 0 radical (unpaired) electrons. The quantitative estimate of drug-likeness (QED) is 0.824. The highest BCUT2D eigenvalue weighted by atomic mass is 16.5. The van der Waals surface area contributed by atoms with Gasteiger partial charge in [0.15, 0.2) is 0 Å². The summed E-state index contributed by atoms with van der Waals surface area (Å²) in [5.41, 5.74) is 0. The number of carbonyl (C=O) groups is 2. The minimum absolute atomic E-state index is 0.00720. The Kier molecular flexibility index (Phi) is 3.95. The molecule has 3 rings (SSSR count). The fourth-order valence-electron chi connectivity index (χ4n) is 4.61. The summed E-state index contributed by atoms with van der Waals surface area (Å²) in [6.07, 6.45) is 3.94. The van der Waals surface area contributed by atoms with E-state index in [1.165, 1.54) is 26.4 Å². The molecule has 1 N–H and O–H groups in total. The molecule has 3 aliphatic rings. The smallest absolute Gasteiger partial charge is 0.246 e. The molecule has 5 nitrogen and oxygen atoms in total. The number of rotatable bonds is 5. The van der Waals surface area contributed by atoms with Crippen LogP contribution in [-0.2, 0) is 14.3 Å². The van der Waals surface area contributed by atoms with Crippen molar-refractivity contribution < 1.29 is 14.3 Å². The molecule has 0 aromatic rings. The van der Waals surface area contributed by atoms with Crippen LogP contribution in [0.15, 0.2) is 0 Å². The largest absolute Gasteiger partial charge is 0.375 e. The third-order valence-corrected chi connectivity index (χ3v) is 5.62. The zero-order chi connectivity index (χ0) is 15.1. The molecule has 0 aromatic heterocycles. The molecule has 0 unspecified atom stereocenters. The molecular formula is C16H26N2O3. The molecule has 1 heterocycles. The molecule has 0 aromatic carbocycles. The summed E-state index contributed by atoms with van der Waals surface area (Å²) in [6, 6.07) is 0.0320.